The molecule has 4 nitrogen and oxygen atoms in total. The highest BCUT2D eigenvalue weighted by atomic mass is 32.2. The monoisotopic (exact) mass is 262 g/mol. The van der Waals surface area contributed by atoms with Crippen molar-refractivity contribution in [2.75, 3.05) is 11.5 Å². The molecule has 1 aromatic carbocycles. The van der Waals surface area contributed by atoms with Crippen LogP contribution in [0.2, 0.25) is 0 Å². The molecule has 0 saturated heterocycles. The van der Waals surface area contributed by atoms with Gasteiger partial charge in [0.1, 0.15) is 0 Å². The van der Waals surface area contributed by atoms with Gasteiger partial charge >= 0.3 is 0 Å². The molecule has 0 atom stereocenters. The Morgan fingerprint density at radius 3 is 2.67 bits per heavy atom. The molecule has 5 heteroatoms. The molecule has 2 N–H and O–H groups in total. The number of nitrogen functional groups attached to an aromatic ring is 1. The second-order valence-corrected chi connectivity index (χ2v) is 5.33. The first-order valence-electron chi connectivity index (χ1n) is 6.08. The van der Waals surface area contributed by atoms with Crippen molar-refractivity contribution < 1.29 is 0 Å². The van der Waals surface area contributed by atoms with Crippen molar-refractivity contribution in [1.82, 2.24) is 15.0 Å². The number of aryl methyl sites for hydroxylation is 2. The summed E-state index contributed by atoms with van der Waals surface area (Å²) in [5.41, 5.74) is 8.07. The predicted molar refractivity (Wildman–Crippen MR) is 75.7 cm³/mol. The second-order valence-electron chi connectivity index (χ2n) is 4.16. The molecule has 0 saturated carbocycles. The molecule has 1 aromatic heterocycles. The summed E-state index contributed by atoms with van der Waals surface area (Å²) in [6.07, 6.45) is 0.869. The Bertz CT molecular complexity index is 504. The van der Waals surface area contributed by atoms with Gasteiger partial charge in [-0.3, -0.25) is 0 Å². The van der Waals surface area contributed by atoms with Crippen molar-refractivity contribution in [3.63, 3.8) is 0 Å². The Kier molecular flexibility index (Phi) is 4.25. The molecule has 0 spiro atoms. The van der Waals surface area contributed by atoms with E-state index in [-0.39, 0.29) is 0 Å². The van der Waals surface area contributed by atoms with Gasteiger partial charge in [-0.05, 0) is 25.5 Å². The topological polar surface area (TPSA) is 56.7 Å². The Balaban J connectivity index is 1.90. The highest BCUT2D eigenvalue weighted by Gasteiger charge is 2.07. The summed E-state index contributed by atoms with van der Waals surface area (Å²) in [6, 6.07) is 8.56. The van der Waals surface area contributed by atoms with Crippen LogP contribution < -0.4 is 5.73 Å². The SMILES string of the molecule is CCc1c(N)nnn1CCSc1ccc(C)cc1. The summed E-state index contributed by atoms with van der Waals surface area (Å²) < 4.78 is 1.90. The van der Waals surface area contributed by atoms with E-state index in [2.05, 4.69) is 48.4 Å². The molecule has 0 fully saturated rings. The summed E-state index contributed by atoms with van der Waals surface area (Å²) in [7, 11) is 0. The number of thioether (sulfide) groups is 1. The summed E-state index contributed by atoms with van der Waals surface area (Å²) in [6.45, 7) is 5.00. The number of aromatic nitrogens is 3. The maximum Gasteiger partial charge on any atom is 0.169 e. The van der Waals surface area contributed by atoms with Crippen molar-refractivity contribution in [2.45, 2.75) is 31.7 Å². The summed E-state index contributed by atoms with van der Waals surface area (Å²) in [5, 5.41) is 7.97. The van der Waals surface area contributed by atoms with Gasteiger partial charge in [0.15, 0.2) is 5.82 Å². The zero-order chi connectivity index (χ0) is 13.0. The molecule has 2 rings (SSSR count). The second kappa shape index (κ2) is 5.91. The zero-order valence-corrected chi connectivity index (χ0v) is 11.6. The minimum atomic E-state index is 0.554. The summed E-state index contributed by atoms with van der Waals surface area (Å²) in [4.78, 5) is 1.28. The van der Waals surface area contributed by atoms with E-state index < -0.39 is 0 Å². The molecule has 0 radical (unpaired) electrons. The van der Waals surface area contributed by atoms with Gasteiger partial charge in [-0.2, -0.15) is 0 Å². The van der Waals surface area contributed by atoms with Crippen LogP contribution in [0, 0.1) is 6.92 Å². The Morgan fingerprint density at radius 1 is 1.28 bits per heavy atom. The Morgan fingerprint density at radius 2 is 2.00 bits per heavy atom. The predicted octanol–water partition coefficient (Wildman–Crippen LogP) is 2.52. The Hall–Kier alpha value is -1.49. The van der Waals surface area contributed by atoms with E-state index in [0.29, 0.717) is 5.82 Å². The number of anilines is 1. The van der Waals surface area contributed by atoms with Gasteiger partial charge in [0, 0.05) is 10.6 Å². The fraction of sp³-hybridized carbons (Fsp3) is 0.385. The van der Waals surface area contributed by atoms with E-state index in [1.54, 1.807) is 0 Å². The van der Waals surface area contributed by atoms with Crippen LogP contribution in [0.5, 0.6) is 0 Å². The van der Waals surface area contributed by atoms with Crippen LogP contribution in [0.4, 0.5) is 5.82 Å². The van der Waals surface area contributed by atoms with Gasteiger partial charge in [-0.15, -0.1) is 16.9 Å². The van der Waals surface area contributed by atoms with E-state index in [1.807, 2.05) is 16.4 Å². The lowest BCUT2D eigenvalue weighted by molar-refractivity contribution is 0.606. The van der Waals surface area contributed by atoms with Crippen LogP contribution in [0.25, 0.3) is 0 Å². The third-order valence-corrected chi connectivity index (χ3v) is 3.79. The smallest absolute Gasteiger partial charge is 0.169 e. The fourth-order valence-corrected chi connectivity index (χ4v) is 2.60. The number of nitrogens with zero attached hydrogens (tertiary/aromatic N) is 3. The van der Waals surface area contributed by atoms with Crippen molar-refractivity contribution in [2.24, 2.45) is 0 Å². The number of rotatable bonds is 5. The van der Waals surface area contributed by atoms with Gasteiger partial charge in [0.05, 0.1) is 12.2 Å². The van der Waals surface area contributed by atoms with Crippen molar-refractivity contribution in [3.05, 3.63) is 35.5 Å². The van der Waals surface area contributed by atoms with Gasteiger partial charge in [-0.1, -0.05) is 29.8 Å². The van der Waals surface area contributed by atoms with Crippen LogP contribution in [-0.4, -0.2) is 20.7 Å². The normalized spacial score (nSPS) is 10.8. The van der Waals surface area contributed by atoms with Gasteiger partial charge in [0.2, 0.25) is 0 Å². The van der Waals surface area contributed by atoms with Crippen molar-refractivity contribution in [3.8, 4) is 0 Å². The molecule has 0 aliphatic carbocycles. The molecule has 0 unspecified atom stereocenters. The molecule has 2 aromatic rings. The Labute approximate surface area is 112 Å². The maximum absolute atomic E-state index is 5.75. The van der Waals surface area contributed by atoms with Gasteiger partial charge < -0.3 is 5.73 Å². The first-order chi connectivity index (χ1) is 8.70. The van der Waals surface area contributed by atoms with Crippen LogP contribution in [0.15, 0.2) is 29.2 Å². The first-order valence-corrected chi connectivity index (χ1v) is 7.06. The number of benzene rings is 1. The zero-order valence-electron chi connectivity index (χ0n) is 10.8. The van der Waals surface area contributed by atoms with E-state index in [4.69, 9.17) is 5.73 Å². The molecule has 0 bridgehead atoms. The highest BCUT2D eigenvalue weighted by Crippen LogP contribution is 2.19. The third-order valence-electron chi connectivity index (χ3n) is 2.80. The lowest BCUT2D eigenvalue weighted by atomic mass is 10.2. The molecule has 0 aliphatic heterocycles. The number of hydrogen-bond acceptors (Lipinski definition) is 4. The first kappa shape index (κ1) is 13.0. The van der Waals surface area contributed by atoms with Gasteiger partial charge in [0.25, 0.3) is 0 Å². The maximum atomic E-state index is 5.75. The van der Waals surface area contributed by atoms with Crippen LogP contribution in [0.3, 0.4) is 0 Å². The van der Waals surface area contributed by atoms with E-state index in [1.165, 1.54) is 10.5 Å². The quantitative estimate of drug-likeness (QED) is 0.841. The standard InChI is InChI=1S/C13H18N4S/c1-3-12-13(14)15-16-17(12)8-9-18-11-6-4-10(2)5-7-11/h4-7H,3,8-9,14H2,1-2H3. The minimum absolute atomic E-state index is 0.554. The summed E-state index contributed by atoms with van der Waals surface area (Å²) in [5.74, 6) is 1.52. The molecule has 0 aliphatic rings. The summed E-state index contributed by atoms with van der Waals surface area (Å²) >= 11 is 1.82. The molecule has 1 heterocycles. The molecule has 18 heavy (non-hydrogen) atoms. The van der Waals surface area contributed by atoms with E-state index in [0.717, 1.165) is 24.4 Å². The van der Waals surface area contributed by atoms with Crippen LogP contribution >= 0.6 is 11.8 Å². The highest BCUT2D eigenvalue weighted by molar-refractivity contribution is 7.99. The van der Waals surface area contributed by atoms with E-state index in [9.17, 15) is 0 Å². The third kappa shape index (κ3) is 3.04. The van der Waals surface area contributed by atoms with Crippen LogP contribution in [-0.2, 0) is 13.0 Å². The minimum Gasteiger partial charge on any atom is -0.381 e. The number of nitrogens with two attached hydrogens (primary N) is 1. The van der Waals surface area contributed by atoms with Crippen LogP contribution in [0.1, 0.15) is 18.2 Å². The molecular formula is C13H18N4S. The number of hydrogen-bond donors (Lipinski definition) is 1. The van der Waals surface area contributed by atoms with Crippen molar-refractivity contribution in [1.29, 1.82) is 0 Å². The average Bonchev–Trinajstić information content (AvgIpc) is 2.72. The molecule has 0 amide bonds. The lowest BCUT2D eigenvalue weighted by Crippen LogP contribution is -2.07. The van der Waals surface area contributed by atoms with Crippen molar-refractivity contribution >= 4 is 17.6 Å². The lowest BCUT2D eigenvalue weighted by Gasteiger charge is -2.05. The molecule has 96 valence electrons. The molecular weight excluding hydrogens is 244 g/mol. The fourth-order valence-electron chi connectivity index (χ4n) is 1.77. The van der Waals surface area contributed by atoms with E-state index >= 15 is 0 Å². The average molecular weight is 262 g/mol. The largest absolute Gasteiger partial charge is 0.381 e. The van der Waals surface area contributed by atoms with Gasteiger partial charge in [-0.25, -0.2) is 4.68 Å².